The van der Waals surface area contributed by atoms with Crippen molar-refractivity contribution < 1.29 is 22.7 Å². The van der Waals surface area contributed by atoms with Gasteiger partial charge in [-0.05, 0) is 19.8 Å². The second kappa shape index (κ2) is 6.29. The first-order valence-corrected chi connectivity index (χ1v) is 8.40. The van der Waals surface area contributed by atoms with Crippen LogP contribution in [0, 0.1) is 5.92 Å². The van der Waals surface area contributed by atoms with Crippen LogP contribution in [0.25, 0.3) is 0 Å². The number of piperazine rings is 1. The molecule has 1 amide bonds. The van der Waals surface area contributed by atoms with Crippen molar-refractivity contribution in [3.05, 3.63) is 0 Å². The van der Waals surface area contributed by atoms with Crippen molar-refractivity contribution in [1.29, 1.82) is 0 Å². The van der Waals surface area contributed by atoms with E-state index in [0.717, 1.165) is 0 Å². The van der Waals surface area contributed by atoms with Crippen molar-refractivity contribution in [3.8, 4) is 0 Å². The van der Waals surface area contributed by atoms with E-state index in [2.05, 4.69) is 10.1 Å². The summed E-state index contributed by atoms with van der Waals surface area (Å²) in [7, 11) is -2.34. The number of piperidine rings is 1. The van der Waals surface area contributed by atoms with Gasteiger partial charge in [0.2, 0.25) is 5.91 Å². The molecule has 1 N–H and O–H groups in total. The standard InChI is InChI=1S/C12H21N3O5S/c1-9-11(16)13-5-8-15(9)21(18,19)14-6-3-10(4-7-14)12(17)20-2/h9-10H,3-8H2,1-2H3,(H,13,16). The van der Waals surface area contributed by atoms with Crippen LogP contribution >= 0.6 is 0 Å². The fourth-order valence-electron chi connectivity index (χ4n) is 2.71. The van der Waals surface area contributed by atoms with E-state index >= 15 is 0 Å². The van der Waals surface area contributed by atoms with Gasteiger partial charge in [0.25, 0.3) is 10.2 Å². The van der Waals surface area contributed by atoms with Crippen LogP contribution in [-0.4, -0.2) is 68.2 Å². The van der Waals surface area contributed by atoms with Gasteiger partial charge in [0, 0.05) is 26.2 Å². The molecular weight excluding hydrogens is 298 g/mol. The van der Waals surface area contributed by atoms with Crippen molar-refractivity contribution in [1.82, 2.24) is 13.9 Å². The van der Waals surface area contributed by atoms with Gasteiger partial charge in [0.15, 0.2) is 0 Å². The molecule has 2 aliphatic heterocycles. The van der Waals surface area contributed by atoms with Crippen molar-refractivity contribution in [2.45, 2.75) is 25.8 Å². The molecule has 120 valence electrons. The lowest BCUT2D eigenvalue weighted by atomic mass is 9.99. The van der Waals surface area contributed by atoms with Crippen LogP contribution in [0.2, 0.25) is 0 Å². The molecule has 0 radical (unpaired) electrons. The highest BCUT2D eigenvalue weighted by Crippen LogP contribution is 2.23. The summed E-state index contributed by atoms with van der Waals surface area (Å²) in [5.74, 6) is -0.824. The first-order valence-electron chi connectivity index (χ1n) is 7.00. The number of methoxy groups -OCH3 is 1. The molecule has 0 aromatic rings. The average molecular weight is 319 g/mol. The van der Waals surface area contributed by atoms with Gasteiger partial charge in [-0.15, -0.1) is 0 Å². The summed E-state index contributed by atoms with van der Waals surface area (Å²) in [4.78, 5) is 23.1. The van der Waals surface area contributed by atoms with Crippen LogP contribution < -0.4 is 5.32 Å². The summed E-state index contributed by atoms with van der Waals surface area (Å²) in [5, 5.41) is 2.64. The topological polar surface area (TPSA) is 96.0 Å². The highest BCUT2D eigenvalue weighted by atomic mass is 32.2. The lowest BCUT2D eigenvalue weighted by Crippen LogP contribution is -2.59. The third-order valence-electron chi connectivity index (χ3n) is 4.05. The van der Waals surface area contributed by atoms with Gasteiger partial charge in [-0.3, -0.25) is 9.59 Å². The van der Waals surface area contributed by atoms with E-state index in [1.165, 1.54) is 15.7 Å². The maximum atomic E-state index is 12.6. The summed E-state index contributed by atoms with van der Waals surface area (Å²) in [6, 6.07) is -0.706. The molecule has 0 aliphatic carbocycles. The Kier molecular flexibility index (Phi) is 4.84. The van der Waals surface area contributed by atoms with E-state index in [0.29, 0.717) is 19.4 Å². The second-order valence-corrected chi connectivity index (χ2v) is 7.16. The predicted octanol–water partition coefficient (Wildman–Crippen LogP) is -1.06. The minimum atomic E-state index is -3.67. The molecule has 9 heteroatoms. The smallest absolute Gasteiger partial charge is 0.308 e. The molecule has 0 saturated carbocycles. The van der Waals surface area contributed by atoms with E-state index in [1.807, 2.05) is 0 Å². The molecule has 21 heavy (non-hydrogen) atoms. The molecule has 0 spiro atoms. The van der Waals surface area contributed by atoms with Gasteiger partial charge >= 0.3 is 5.97 Å². The minimum Gasteiger partial charge on any atom is -0.469 e. The number of amides is 1. The minimum absolute atomic E-state index is 0.247. The van der Waals surface area contributed by atoms with Crippen molar-refractivity contribution in [2.75, 3.05) is 33.3 Å². The zero-order valence-electron chi connectivity index (χ0n) is 12.2. The van der Waals surface area contributed by atoms with E-state index in [9.17, 15) is 18.0 Å². The fraction of sp³-hybridized carbons (Fsp3) is 0.833. The maximum absolute atomic E-state index is 12.6. The highest BCUT2D eigenvalue weighted by molar-refractivity contribution is 7.86. The quantitative estimate of drug-likeness (QED) is 0.669. The van der Waals surface area contributed by atoms with Gasteiger partial charge in [-0.25, -0.2) is 0 Å². The Morgan fingerprint density at radius 3 is 2.48 bits per heavy atom. The van der Waals surface area contributed by atoms with Crippen LogP contribution in [-0.2, 0) is 24.5 Å². The molecule has 2 heterocycles. The largest absolute Gasteiger partial charge is 0.469 e. The Morgan fingerprint density at radius 2 is 1.90 bits per heavy atom. The number of nitrogens with one attached hydrogen (secondary N) is 1. The van der Waals surface area contributed by atoms with Gasteiger partial charge in [-0.1, -0.05) is 0 Å². The second-order valence-electron chi connectivity index (χ2n) is 5.28. The SMILES string of the molecule is COC(=O)C1CCN(S(=O)(=O)N2CCNC(=O)C2C)CC1. The Bertz CT molecular complexity index is 513. The number of carbonyl (C=O) groups is 2. The summed E-state index contributed by atoms with van der Waals surface area (Å²) in [6.45, 7) is 2.71. The van der Waals surface area contributed by atoms with Crippen LogP contribution in [0.1, 0.15) is 19.8 Å². The van der Waals surface area contributed by atoms with E-state index in [1.54, 1.807) is 6.92 Å². The van der Waals surface area contributed by atoms with Crippen molar-refractivity contribution >= 4 is 22.1 Å². The molecule has 2 saturated heterocycles. The normalized spacial score (nSPS) is 26.4. The Morgan fingerprint density at radius 1 is 1.29 bits per heavy atom. The molecule has 8 nitrogen and oxygen atoms in total. The summed E-state index contributed by atoms with van der Waals surface area (Å²) in [6.07, 6.45) is 0.890. The first kappa shape index (κ1) is 16.2. The fourth-order valence-corrected chi connectivity index (χ4v) is 4.50. The molecule has 0 aromatic heterocycles. The van der Waals surface area contributed by atoms with Crippen molar-refractivity contribution in [3.63, 3.8) is 0 Å². The third-order valence-corrected chi connectivity index (χ3v) is 6.16. The van der Waals surface area contributed by atoms with Gasteiger partial charge < -0.3 is 10.1 Å². The molecule has 2 fully saturated rings. The average Bonchev–Trinajstić information content (AvgIpc) is 2.49. The molecule has 2 aliphatic rings. The molecule has 0 aromatic carbocycles. The van der Waals surface area contributed by atoms with E-state index < -0.39 is 16.3 Å². The number of carbonyl (C=O) groups excluding carboxylic acids is 2. The van der Waals surface area contributed by atoms with Gasteiger partial charge in [-0.2, -0.15) is 17.0 Å². The molecular formula is C12H21N3O5S. The first-order chi connectivity index (χ1) is 9.87. The zero-order valence-corrected chi connectivity index (χ0v) is 13.1. The number of rotatable bonds is 3. The molecule has 0 bridgehead atoms. The van der Waals surface area contributed by atoms with Crippen LogP contribution in [0.15, 0.2) is 0 Å². The lowest BCUT2D eigenvalue weighted by molar-refractivity contribution is -0.146. The Balaban J connectivity index is 2.04. The van der Waals surface area contributed by atoms with Crippen LogP contribution in [0.4, 0.5) is 0 Å². The zero-order chi connectivity index (χ0) is 15.6. The lowest BCUT2D eigenvalue weighted by Gasteiger charge is -2.38. The number of nitrogens with zero attached hydrogens (tertiary/aromatic N) is 2. The number of ether oxygens (including phenoxy) is 1. The highest BCUT2D eigenvalue weighted by Gasteiger charge is 2.40. The van der Waals surface area contributed by atoms with Gasteiger partial charge in [0.1, 0.15) is 6.04 Å². The number of hydrogen-bond acceptors (Lipinski definition) is 5. The predicted molar refractivity (Wildman–Crippen MR) is 74.4 cm³/mol. The molecule has 1 atom stereocenters. The third kappa shape index (κ3) is 3.19. The number of hydrogen-bond donors (Lipinski definition) is 1. The van der Waals surface area contributed by atoms with E-state index in [-0.39, 0.29) is 37.4 Å². The van der Waals surface area contributed by atoms with E-state index in [4.69, 9.17) is 0 Å². The van der Waals surface area contributed by atoms with Crippen LogP contribution in [0.3, 0.4) is 0 Å². The maximum Gasteiger partial charge on any atom is 0.308 e. The monoisotopic (exact) mass is 319 g/mol. The summed E-state index contributed by atoms with van der Waals surface area (Å²) in [5.41, 5.74) is 0. The summed E-state index contributed by atoms with van der Waals surface area (Å²) < 4.78 is 32.5. The Hall–Kier alpha value is -1.19. The van der Waals surface area contributed by atoms with Crippen molar-refractivity contribution in [2.24, 2.45) is 5.92 Å². The van der Waals surface area contributed by atoms with Crippen LogP contribution in [0.5, 0.6) is 0 Å². The molecule has 2 rings (SSSR count). The number of esters is 1. The van der Waals surface area contributed by atoms with Gasteiger partial charge in [0.05, 0.1) is 13.0 Å². The molecule has 1 unspecified atom stereocenters. The Labute approximate surface area is 124 Å². The summed E-state index contributed by atoms with van der Waals surface area (Å²) >= 11 is 0.